The molecule has 2 aromatic rings. The average Bonchev–Trinajstić information content (AvgIpc) is 2.53. The van der Waals surface area contributed by atoms with Crippen molar-refractivity contribution in [3.63, 3.8) is 0 Å². The highest BCUT2D eigenvalue weighted by molar-refractivity contribution is 5.69. The molecule has 2 rings (SSSR count). The molecule has 0 fully saturated rings. The van der Waals surface area contributed by atoms with Crippen molar-refractivity contribution in [2.24, 2.45) is 0 Å². The SMILES string of the molecule is COc1cc(-c2ccc(C)cc2CN(C(C)C)C(C)C)c(F)cn1. The number of ether oxygens (including phenoxy) is 1. The Morgan fingerprint density at radius 3 is 2.33 bits per heavy atom. The van der Waals surface area contributed by atoms with Crippen molar-refractivity contribution in [2.75, 3.05) is 7.11 Å². The molecule has 4 heteroatoms. The molecule has 0 saturated carbocycles. The van der Waals surface area contributed by atoms with E-state index in [0.717, 1.165) is 17.7 Å². The molecule has 0 aliphatic heterocycles. The maximum atomic E-state index is 14.4. The van der Waals surface area contributed by atoms with E-state index < -0.39 is 0 Å². The second kappa shape index (κ2) is 7.75. The van der Waals surface area contributed by atoms with E-state index in [1.807, 2.05) is 12.1 Å². The summed E-state index contributed by atoms with van der Waals surface area (Å²) in [4.78, 5) is 6.34. The molecule has 1 aromatic carbocycles. The summed E-state index contributed by atoms with van der Waals surface area (Å²) in [6.07, 6.45) is 1.22. The van der Waals surface area contributed by atoms with Crippen LogP contribution < -0.4 is 4.74 Å². The quantitative estimate of drug-likeness (QED) is 0.759. The molecule has 0 bridgehead atoms. The number of hydrogen-bond donors (Lipinski definition) is 0. The van der Waals surface area contributed by atoms with Crippen LogP contribution in [0.2, 0.25) is 0 Å². The maximum absolute atomic E-state index is 14.4. The van der Waals surface area contributed by atoms with E-state index in [-0.39, 0.29) is 5.82 Å². The van der Waals surface area contributed by atoms with Gasteiger partial charge in [0.25, 0.3) is 0 Å². The van der Waals surface area contributed by atoms with Gasteiger partial charge in [-0.25, -0.2) is 9.37 Å². The molecule has 0 spiro atoms. The minimum absolute atomic E-state index is 0.332. The average molecular weight is 330 g/mol. The van der Waals surface area contributed by atoms with Gasteiger partial charge in [0.15, 0.2) is 0 Å². The van der Waals surface area contributed by atoms with Crippen LogP contribution in [0.5, 0.6) is 5.88 Å². The van der Waals surface area contributed by atoms with Gasteiger partial charge >= 0.3 is 0 Å². The van der Waals surface area contributed by atoms with E-state index in [4.69, 9.17) is 4.74 Å². The van der Waals surface area contributed by atoms with Gasteiger partial charge in [0.05, 0.1) is 13.3 Å². The van der Waals surface area contributed by atoms with Crippen molar-refractivity contribution in [1.82, 2.24) is 9.88 Å². The first kappa shape index (κ1) is 18.4. The molecule has 0 unspecified atom stereocenters. The fraction of sp³-hybridized carbons (Fsp3) is 0.450. The highest BCUT2D eigenvalue weighted by atomic mass is 19.1. The second-order valence-corrected chi connectivity index (χ2v) is 6.73. The number of halogens is 1. The molecule has 24 heavy (non-hydrogen) atoms. The largest absolute Gasteiger partial charge is 0.481 e. The Morgan fingerprint density at radius 1 is 1.08 bits per heavy atom. The van der Waals surface area contributed by atoms with Crippen LogP contribution in [0.15, 0.2) is 30.5 Å². The third-order valence-corrected chi connectivity index (χ3v) is 4.27. The fourth-order valence-electron chi connectivity index (χ4n) is 3.01. The van der Waals surface area contributed by atoms with Gasteiger partial charge in [0, 0.05) is 30.3 Å². The lowest BCUT2D eigenvalue weighted by Gasteiger charge is -2.31. The van der Waals surface area contributed by atoms with Gasteiger partial charge < -0.3 is 4.74 Å². The molecule has 3 nitrogen and oxygen atoms in total. The number of rotatable bonds is 6. The van der Waals surface area contributed by atoms with E-state index in [2.05, 4.69) is 50.6 Å². The molecule has 130 valence electrons. The summed E-state index contributed by atoms with van der Waals surface area (Å²) in [5.74, 6) is 0.0871. The number of hydrogen-bond acceptors (Lipinski definition) is 3. The Balaban J connectivity index is 2.52. The van der Waals surface area contributed by atoms with Crippen molar-refractivity contribution >= 4 is 0 Å². The predicted octanol–water partition coefficient (Wildman–Crippen LogP) is 4.82. The Labute approximate surface area is 144 Å². The van der Waals surface area contributed by atoms with Crippen LogP contribution in [0, 0.1) is 12.7 Å². The van der Waals surface area contributed by atoms with E-state index in [1.165, 1.54) is 11.8 Å². The monoisotopic (exact) mass is 330 g/mol. The van der Waals surface area contributed by atoms with Crippen LogP contribution >= 0.6 is 0 Å². The second-order valence-electron chi connectivity index (χ2n) is 6.73. The summed E-state index contributed by atoms with van der Waals surface area (Å²) in [6.45, 7) is 11.6. The van der Waals surface area contributed by atoms with Crippen LogP contribution in [0.4, 0.5) is 4.39 Å². The molecule has 0 amide bonds. The van der Waals surface area contributed by atoms with Gasteiger partial charge in [-0.3, -0.25) is 4.90 Å². The Morgan fingerprint density at radius 2 is 1.75 bits per heavy atom. The molecular weight excluding hydrogens is 303 g/mol. The minimum Gasteiger partial charge on any atom is -0.481 e. The lowest BCUT2D eigenvalue weighted by Crippen LogP contribution is -2.36. The van der Waals surface area contributed by atoms with Crippen LogP contribution in [-0.2, 0) is 6.54 Å². The highest BCUT2D eigenvalue weighted by Gasteiger charge is 2.18. The molecular formula is C20H27FN2O. The number of aryl methyl sites for hydroxylation is 1. The smallest absolute Gasteiger partial charge is 0.213 e. The third-order valence-electron chi connectivity index (χ3n) is 4.27. The molecule has 1 heterocycles. The molecule has 0 radical (unpaired) electrons. The zero-order valence-electron chi connectivity index (χ0n) is 15.4. The first-order valence-electron chi connectivity index (χ1n) is 8.38. The number of benzene rings is 1. The summed E-state index contributed by atoms with van der Waals surface area (Å²) in [5.41, 5.74) is 3.71. The Kier molecular flexibility index (Phi) is 5.94. The van der Waals surface area contributed by atoms with Crippen molar-refractivity contribution in [3.8, 4) is 17.0 Å². The first-order chi connectivity index (χ1) is 11.3. The lowest BCUT2D eigenvalue weighted by molar-refractivity contribution is 0.166. The number of aromatic nitrogens is 1. The van der Waals surface area contributed by atoms with Crippen LogP contribution in [-0.4, -0.2) is 29.1 Å². The summed E-state index contributed by atoms with van der Waals surface area (Å²) < 4.78 is 19.6. The zero-order chi connectivity index (χ0) is 17.9. The predicted molar refractivity (Wildman–Crippen MR) is 96.7 cm³/mol. The highest BCUT2D eigenvalue weighted by Crippen LogP contribution is 2.30. The molecule has 0 saturated heterocycles. The summed E-state index contributed by atoms with van der Waals surface area (Å²) in [7, 11) is 1.54. The van der Waals surface area contributed by atoms with E-state index in [1.54, 1.807) is 13.2 Å². The van der Waals surface area contributed by atoms with Crippen LogP contribution in [0.1, 0.15) is 38.8 Å². The third kappa shape index (κ3) is 4.12. The Hall–Kier alpha value is -1.94. The topological polar surface area (TPSA) is 25.4 Å². The van der Waals surface area contributed by atoms with Crippen molar-refractivity contribution in [3.05, 3.63) is 47.4 Å². The van der Waals surface area contributed by atoms with E-state index in [9.17, 15) is 4.39 Å². The number of nitrogens with zero attached hydrogens (tertiary/aromatic N) is 2. The lowest BCUT2D eigenvalue weighted by atomic mass is 9.97. The minimum atomic E-state index is -0.332. The standard InChI is InChI=1S/C20H27FN2O/c1-13(2)23(14(3)4)12-16-9-15(5)7-8-17(16)18-10-20(24-6)22-11-19(18)21/h7-11,13-14H,12H2,1-6H3. The summed E-state index contributed by atoms with van der Waals surface area (Å²) >= 11 is 0. The zero-order valence-corrected chi connectivity index (χ0v) is 15.4. The molecule has 0 aliphatic rings. The summed E-state index contributed by atoms with van der Waals surface area (Å²) in [5, 5.41) is 0. The summed E-state index contributed by atoms with van der Waals surface area (Å²) in [6, 6.07) is 8.63. The maximum Gasteiger partial charge on any atom is 0.213 e. The van der Waals surface area contributed by atoms with E-state index in [0.29, 0.717) is 23.5 Å². The van der Waals surface area contributed by atoms with Gasteiger partial charge in [-0.05, 0) is 45.7 Å². The normalized spacial score (nSPS) is 11.6. The van der Waals surface area contributed by atoms with Gasteiger partial charge in [-0.15, -0.1) is 0 Å². The molecule has 0 atom stereocenters. The van der Waals surface area contributed by atoms with Gasteiger partial charge in [0.1, 0.15) is 5.82 Å². The van der Waals surface area contributed by atoms with Crippen LogP contribution in [0.3, 0.4) is 0 Å². The fourth-order valence-corrected chi connectivity index (χ4v) is 3.01. The number of methoxy groups -OCH3 is 1. The van der Waals surface area contributed by atoms with Gasteiger partial charge in [0.2, 0.25) is 5.88 Å². The molecule has 1 aromatic heterocycles. The Bertz CT molecular complexity index is 690. The first-order valence-corrected chi connectivity index (χ1v) is 8.38. The molecule has 0 aliphatic carbocycles. The van der Waals surface area contributed by atoms with Crippen molar-refractivity contribution in [1.29, 1.82) is 0 Å². The van der Waals surface area contributed by atoms with Crippen LogP contribution in [0.25, 0.3) is 11.1 Å². The van der Waals surface area contributed by atoms with Gasteiger partial charge in [-0.2, -0.15) is 0 Å². The van der Waals surface area contributed by atoms with Gasteiger partial charge in [-0.1, -0.05) is 23.8 Å². The molecule has 0 N–H and O–H groups in total. The van der Waals surface area contributed by atoms with Crippen molar-refractivity contribution < 1.29 is 9.13 Å². The van der Waals surface area contributed by atoms with E-state index >= 15 is 0 Å². The number of pyridine rings is 1. The van der Waals surface area contributed by atoms with Crippen molar-refractivity contribution in [2.45, 2.75) is 53.2 Å².